The second kappa shape index (κ2) is 4.31. The second-order valence-electron chi connectivity index (χ2n) is 3.65. The molecule has 1 aromatic carbocycles. The first kappa shape index (κ1) is 11.2. The van der Waals surface area contributed by atoms with Crippen molar-refractivity contribution in [3.8, 4) is 5.75 Å². The Labute approximate surface area is 98.9 Å². The van der Waals surface area contributed by atoms with Crippen LogP contribution in [0.5, 0.6) is 5.75 Å². The molecule has 0 aliphatic rings. The number of nitrogens with zero attached hydrogens (tertiary/aromatic N) is 1. The van der Waals surface area contributed by atoms with E-state index >= 15 is 0 Å². The number of nitrogens with one attached hydrogen (secondary N) is 2. The van der Waals surface area contributed by atoms with Gasteiger partial charge in [-0.05, 0) is 20.0 Å². The van der Waals surface area contributed by atoms with Crippen LogP contribution < -0.4 is 10.1 Å². The Morgan fingerprint density at radius 3 is 2.94 bits per heavy atom. The molecule has 0 aliphatic carbocycles. The minimum absolute atomic E-state index is 0.167. The summed E-state index contributed by atoms with van der Waals surface area (Å²) in [5.74, 6) is 0.791. The topological polar surface area (TPSA) is 49.9 Å². The van der Waals surface area contributed by atoms with Gasteiger partial charge in [-0.15, -0.1) is 0 Å². The second-order valence-corrected chi connectivity index (χ2v) is 4.06. The number of aromatic nitrogens is 2. The summed E-state index contributed by atoms with van der Waals surface area (Å²) in [6.45, 7) is 2.05. The molecule has 0 bridgehead atoms. The van der Waals surface area contributed by atoms with Gasteiger partial charge in [0.15, 0.2) is 0 Å². The lowest BCUT2D eigenvalue weighted by molar-refractivity contribution is 0.408. The largest absolute Gasteiger partial charge is 0.494 e. The number of rotatable bonds is 3. The zero-order valence-electron chi connectivity index (χ0n) is 9.47. The summed E-state index contributed by atoms with van der Waals surface area (Å²) in [6, 6.07) is 2.08. The zero-order chi connectivity index (χ0) is 11.7. The maximum atomic E-state index is 6.19. The molecule has 1 heterocycles. The van der Waals surface area contributed by atoms with Gasteiger partial charge in [0.25, 0.3) is 0 Å². The van der Waals surface area contributed by atoms with Crippen LogP contribution in [-0.2, 0) is 0 Å². The van der Waals surface area contributed by atoms with Crippen LogP contribution in [-0.4, -0.2) is 24.4 Å². The summed E-state index contributed by atoms with van der Waals surface area (Å²) in [7, 11) is 3.55. The number of ether oxygens (including phenoxy) is 1. The molecule has 4 nitrogen and oxygen atoms in total. The highest BCUT2D eigenvalue weighted by atomic mass is 35.5. The fourth-order valence-electron chi connectivity index (χ4n) is 1.76. The standard InChI is InChI=1S/C11H14ClN3O/c1-6(13-2)7-4-9(12)8-5-14-15-10(8)11(7)16-3/h4-6,13H,1-3H3,(H,14,15). The molecule has 1 unspecified atom stereocenters. The van der Waals surface area contributed by atoms with Crippen LogP contribution >= 0.6 is 11.6 Å². The number of hydrogen-bond acceptors (Lipinski definition) is 3. The molecule has 2 rings (SSSR count). The molecular weight excluding hydrogens is 226 g/mol. The Hall–Kier alpha value is -1.26. The first-order valence-corrected chi connectivity index (χ1v) is 5.43. The van der Waals surface area contributed by atoms with Gasteiger partial charge in [-0.2, -0.15) is 5.10 Å². The first-order valence-electron chi connectivity index (χ1n) is 5.05. The van der Waals surface area contributed by atoms with Crippen molar-refractivity contribution in [2.24, 2.45) is 0 Å². The monoisotopic (exact) mass is 239 g/mol. The summed E-state index contributed by atoms with van der Waals surface area (Å²) in [5.41, 5.74) is 1.86. The van der Waals surface area contributed by atoms with E-state index in [1.165, 1.54) is 0 Å². The van der Waals surface area contributed by atoms with Crippen LogP contribution in [0.2, 0.25) is 5.02 Å². The van der Waals surface area contributed by atoms with Crippen molar-refractivity contribution >= 4 is 22.5 Å². The molecule has 2 aromatic rings. The highest BCUT2D eigenvalue weighted by molar-refractivity contribution is 6.35. The molecule has 86 valence electrons. The average molecular weight is 240 g/mol. The molecule has 0 saturated carbocycles. The highest BCUT2D eigenvalue weighted by Crippen LogP contribution is 2.36. The van der Waals surface area contributed by atoms with Crippen LogP contribution in [0.3, 0.4) is 0 Å². The van der Waals surface area contributed by atoms with E-state index in [4.69, 9.17) is 16.3 Å². The summed E-state index contributed by atoms with van der Waals surface area (Å²) < 4.78 is 5.43. The zero-order valence-corrected chi connectivity index (χ0v) is 10.2. The van der Waals surface area contributed by atoms with Crippen molar-refractivity contribution in [3.63, 3.8) is 0 Å². The smallest absolute Gasteiger partial charge is 0.149 e. The molecule has 1 atom stereocenters. The van der Waals surface area contributed by atoms with E-state index < -0.39 is 0 Å². The molecule has 1 aromatic heterocycles. The quantitative estimate of drug-likeness (QED) is 0.865. The normalized spacial score (nSPS) is 13.0. The lowest BCUT2D eigenvalue weighted by Crippen LogP contribution is -2.13. The third kappa shape index (κ3) is 1.64. The first-order chi connectivity index (χ1) is 7.69. The third-order valence-electron chi connectivity index (χ3n) is 2.77. The molecule has 2 N–H and O–H groups in total. The molecule has 0 aliphatic heterocycles. The van der Waals surface area contributed by atoms with Gasteiger partial charge in [0.05, 0.1) is 18.3 Å². The molecule has 16 heavy (non-hydrogen) atoms. The molecule has 0 radical (unpaired) electrons. The number of fused-ring (bicyclic) bond motifs is 1. The van der Waals surface area contributed by atoms with Crippen molar-refractivity contribution in [2.75, 3.05) is 14.2 Å². The van der Waals surface area contributed by atoms with Crippen molar-refractivity contribution in [2.45, 2.75) is 13.0 Å². The van der Waals surface area contributed by atoms with Gasteiger partial charge in [-0.25, -0.2) is 0 Å². The van der Waals surface area contributed by atoms with E-state index in [9.17, 15) is 0 Å². The van der Waals surface area contributed by atoms with Crippen LogP contribution in [0, 0.1) is 0 Å². The number of benzene rings is 1. The fourth-order valence-corrected chi connectivity index (χ4v) is 2.02. The lowest BCUT2D eigenvalue weighted by Gasteiger charge is -2.16. The Balaban J connectivity index is 2.73. The minimum atomic E-state index is 0.167. The number of aromatic amines is 1. The number of methoxy groups -OCH3 is 1. The maximum Gasteiger partial charge on any atom is 0.149 e. The lowest BCUT2D eigenvalue weighted by atomic mass is 10.1. The highest BCUT2D eigenvalue weighted by Gasteiger charge is 2.16. The van der Waals surface area contributed by atoms with Crippen LogP contribution in [0.15, 0.2) is 12.3 Å². The fraction of sp³-hybridized carbons (Fsp3) is 0.364. The molecule has 0 amide bonds. The van der Waals surface area contributed by atoms with Gasteiger partial charge in [-0.1, -0.05) is 11.6 Å². The van der Waals surface area contributed by atoms with Gasteiger partial charge in [0.2, 0.25) is 0 Å². The van der Waals surface area contributed by atoms with Crippen LogP contribution in [0.4, 0.5) is 0 Å². The Kier molecular flexibility index (Phi) is 3.03. The molecule has 0 fully saturated rings. The van der Waals surface area contributed by atoms with E-state index in [-0.39, 0.29) is 6.04 Å². The maximum absolute atomic E-state index is 6.19. The molecular formula is C11H14ClN3O. The van der Waals surface area contributed by atoms with Crippen molar-refractivity contribution in [1.82, 2.24) is 15.5 Å². The summed E-state index contributed by atoms with van der Waals surface area (Å²) in [4.78, 5) is 0. The summed E-state index contributed by atoms with van der Waals surface area (Å²) in [6.07, 6.45) is 1.70. The Morgan fingerprint density at radius 1 is 1.56 bits per heavy atom. The summed E-state index contributed by atoms with van der Waals surface area (Å²) in [5, 5.41) is 11.6. The molecule has 0 saturated heterocycles. The van der Waals surface area contributed by atoms with Crippen LogP contribution in [0.25, 0.3) is 10.9 Å². The third-order valence-corrected chi connectivity index (χ3v) is 3.08. The van der Waals surface area contributed by atoms with Gasteiger partial charge in [-0.3, -0.25) is 5.10 Å². The SMILES string of the molecule is CNC(C)c1cc(Cl)c2cn[nH]c2c1OC. The number of hydrogen-bond donors (Lipinski definition) is 2. The number of halogens is 1. The van der Waals surface area contributed by atoms with E-state index in [1.54, 1.807) is 13.3 Å². The Morgan fingerprint density at radius 2 is 2.31 bits per heavy atom. The van der Waals surface area contributed by atoms with E-state index in [0.717, 1.165) is 22.2 Å². The van der Waals surface area contributed by atoms with Gasteiger partial charge >= 0.3 is 0 Å². The minimum Gasteiger partial charge on any atom is -0.494 e. The summed E-state index contributed by atoms with van der Waals surface area (Å²) >= 11 is 6.19. The van der Waals surface area contributed by atoms with Crippen LogP contribution in [0.1, 0.15) is 18.5 Å². The molecule has 0 spiro atoms. The predicted octanol–water partition coefficient (Wildman–Crippen LogP) is 2.51. The van der Waals surface area contributed by atoms with Crippen molar-refractivity contribution in [3.05, 3.63) is 22.8 Å². The van der Waals surface area contributed by atoms with E-state index in [1.807, 2.05) is 13.1 Å². The van der Waals surface area contributed by atoms with Crippen molar-refractivity contribution in [1.29, 1.82) is 0 Å². The molecule has 5 heteroatoms. The van der Waals surface area contributed by atoms with Crippen molar-refractivity contribution < 1.29 is 4.74 Å². The van der Waals surface area contributed by atoms with E-state index in [0.29, 0.717) is 5.02 Å². The van der Waals surface area contributed by atoms with Gasteiger partial charge in [0.1, 0.15) is 11.3 Å². The van der Waals surface area contributed by atoms with E-state index in [2.05, 4.69) is 22.4 Å². The Bertz CT molecular complexity index is 509. The van der Waals surface area contributed by atoms with Gasteiger partial charge < -0.3 is 10.1 Å². The van der Waals surface area contributed by atoms with Gasteiger partial charge in [0, 0.05) is 17.0 Å². The average Bonchev–Trinajstić information content (AvgIpc) is 2.77. The predicted molar refractivity (Wildman–Crippen MR) is 65.1 cm³/mol. The number of H-pyrrole nitrogens is 1.